The number of halogens is 1. The SMILES string of the molecule is CCCCC(C)CC(O)/C=C/C1C=C(Cl)C(=O)/C1=C\CCC/C=C/C(=O)OC. The molecule has 0 radical (unpaired) electrons. The van der Waals surface area contributed by atoms with Crippen LogP contribution in [0.2, 0.25) is 0 Å². The van der Waals surface area contributed by atoms with Crippen molar-refractivity contribution in [1.29, 1.82) is 0 Å². The lowest BCUT2D eigenvalue weighted by Crippen LogP contribution is -2.10. The molecule has 28 heavy (non-hydrogen) atoms. The van der Waals surface area contributed by atoms with Crippen LogP contribution in [0, 0.1) is 11.8 Å². The van der Waals surface area contributed by atoms with E-state index < -0.39 is 6.10 Å². The first-order valence-electron chi connectivity index (χ1n) is 10.1. The van der Waals surface area contributed by atoms with Gasteiger partial charge in [0.2, 0.25) is 5.78 Å². The third-order valence-electron chi connectivity index (χ3n) is 4.79. The summed E-state index contributed by atoms with van der Waals surface area (Å²) in [7, 11) is 1.34. The van der Waals surface area contributed by atoms with Gasteiger partial charge in [0.15, 0.2) is 0 Å². The first kappa shape index (κ1) is 24.4. The van der Waals surface area contributed by atoms with Gasteiger partial charge in [-0.25, -0.2) is 4.79 Å². The molecule has 156 valence electrons. The molecule has 1 N–H and O–H groups in total. The molecule has 0 aromatic rings. The number of aliphatic hydroxyl groups excluding tert-OH is 1. The molecule has 0 aromatic carbocycles. The molecule has 0 spiro atoms. The minimum Gasteiger partial charge on any atom is -0.466 e. The van der Waals surface area contributed by atoms with E-state index in [4.69, 9.17) is 11.6 Å². The summed E-state index contributed by atoms with van der Waals surface area (Å²) in [6.07, 6.45) is 16.4. The van der Waals surface area contributed by atoms with Gasteiger partial charge in [-0.3, -0.25) is 4.79 Å². The molecule has 3 atom stereocenters. The van der Waals surface area contributed by atoms with E-state index in [0.717, 1.165) is 32.1 Å². The van der Waals surface area contributed by atoms with Gasteiger partial charge in [0.1, 0.15) is 0 Å². The molecule has 0 fully saturated rings. The summed E-state index contributed by atoms with van der Waals surface area (Å²) in [4.78, 5) is 23.3. The Bertz CT molecular complexity index is 631. The number of rotatable bonds is 12. The summed E-state index contributed by atoms with van der Waals surface area (Å²) in [5.41, 5.74) is 0.657. The first-order valence-corrected chi connectivity index (χ1v) is 10.5. The Morgan fingerprint density at radius 2 is 2.11 bits per heavy atom. The Morgan fingerprint density at radius 1 is 1.36 bits per heavy atom. The Hall–Kier alpha value is -1.65. The lowest BCUT2D eigenvalue weighted by Gasteiger charge is -2.14. The molecule has 0 saturated heterocycles. The van der Waals surface area contributed by atoms with Crippen molar-refractivity contribution in [2.45, 2.75) is 64.9 Å². The van der Waals surface area contributed by atoms with Crippen LogP contribution in [0.4, 0.5) is 0 Å². The number of carbonyl (C=O) groups is 2. The first-order chi connectivity index (χ1) is 13.4. The molecule has 0 amide bonds. The predicted octanol–water partition coefficient (Wildman–Crippen LogP) is 5.27. The number of esters is 1. The van der Waals surface area contributed by atoms with E-state index in [1.165, 1.54) is 19.6 Å². The van der Waals surface area contributed by atoms with Crippen molar-refractivity contribution in [1.82, 2.24) is 0 Å². The monoisotopic (exact) mass is 408 g/mol. The number of unbranched alkanes of at least 4 members (excludes halogenated alkanes) is 3. The third-order valence-corrected chi connectivity index (χ3v) is 5.09. The van der Waals surface area contributed by atoms with Crippen molar-refractivity contribution in [3.05, 3.63) is 47.1 Å². The Morgan fingerprint density at radius 3 is 2.79 bits per heavy atom. The maximum Gasteiger partial charge on any atom is 0.330 e. The van der Waals surface area contributed by atoms with E-state index in [0.29, 0.717) is 17.9 Å². The van der Waals surface area contributed by atoms with Gasteiger partial charge in [-0.05, 0) is 31.6 Å². The van der Waals surface area contributed by atoms with Crippen LogP contribution in [-0.2, 0) is 14.3 Å². The zero-order valence-electron chi connectivity index (χ0n) is 17.2. The van der Waals surface area contributed by atoms with E-state index in [1.54, 1.807) is 18.2 Å². The Balaban J connectivity index is 2.57. The van der Waals surface area contributed by atoms with Gasteiger partial charge >= 0.3 is 5.97 Å². The van der Waals surface area contributed by atoms with Crippen molar-refractivity contribution in [3.8, 4) is 0 Å². The summed E-state index contributed by atoms with van der Waals surface area (Å²) < 4.78 is 4.54. The highest BCUT2D eigenvalue weighted by Gasteiger charge is 2.27. The zero-order chi connectivity index (χ0) is 20.9. The van der Waals surface area contributed by atoms with E-state index in [2.05, 4.69) is 18.6 Å². The normalized spacial score (nSPS) is 20.9. The van der Waals surface area contributed by atoms with Crippen LogP contribution in [0.1, 0.15) is 58.8 Å². The number of hydrogen-bond donors (Lipinski definition) is 1. The van der Waals surface area contributed by atoms with Gasteiger partial charge in [-0.2, -0.15) is 0 Å². The molecule has 0 saturated carbocycles. The second kappa shape index (κ2) is 13.5. The van der Waals surface area contributed by atoms with E-state index in [1.807, 2.05) is 12.2 Å². The number of allylic oxidation sites excluding steroid dienone is 6. The number of Topliss-reactive ketones (excluding diaryl/α,β-unsaturated/α-hetero) is 1. The van der Waals surface area contributed by atoms with Crippen LogP contribution in [-0.4, -0.2) is 30.1 Å². The summed E-state index contributed by atoms with van der Waals surface area (Å²) in [5, 5.41) is 10.5. The highest BCUT2D eigenvalue weighted by atomic mass is 35.5. The number of methoxy groups -OCH3 is 1. The Kier molecular flexibility index (Phi) is 11.8. The highest BCUT2D eigenvalue weighted by molar-refractivity contribution is 6.46. The second-order valence-corrected chi connectivity index (χ2v) is 7.73. The average Bonchev–Trinajstić information content (AvgIpc) is 2.94. The molecule has 1 rings (SSSR count). The molecule has 0 heterocycles. The molecule has 4 nitrogen and oxygen atoms in total. The van der Waals surface area contributed by atoms with E-state index in [9.17, 15) is 14.7 Å². The van der Waals surface area contributed by atoms with Crippen LogP contribution >= 0.6 is 11.6 Å². The number of hydrogen-bond acceptors (Lipinski definition) is 4. The summed E-state index contributed by atoms with van der Waals surface area (Å²) in [5.74, 6) is -0.233. The third kappa shape index (κ3) is 9.03. The summed E-state index contributed by atoms with van der Waals surface area (Å²) in [6, 6.07) is 0. The lowest BCUT2D eigenvalue weighted by atomic mass is 9.95. The van der Waals surface area contributed by atoms with Gasteiger partial charge in [0, 0.05) is 17.6 Å². The maximum absolute atomic E-state index is 12.3. The largest absolute Gasteiger partial charge is 0.466 e. The van der Waals surface area contributed by atoms with E-state index >= 15 is 0 Å². The fourth-order valence-corrected chi connectivity index (χ4v) is 3.40. The molecular formula is C23H33ClO4. The standard InChI is InChI=1S/C23H33ClO4/c1-4-5-10-17(2)15-19(25)14-13-18-16-21(24)23(27)20(18)11-8-6-7-9-12-22(26)28-3/h9,11-14,16-19,25H,4-8,10,15H2,1-3H3/b12-9+,14-13+,20-11-. The van der Waals surface area contributed by atoms with E-state index in [-0.39, 0.29) is 22.7 Å². The number of ether oxygens (including phenoxy) is 1. The minimum absolute atomic E-state index is 0.146. The summed E-state index contributed by atoms with van der Waals surface area (Å²) in [6.45, 7) is 4.32. The van der Waals surface area contributed by atoms with Gasteiger partial charge in [-0.15, -0.1) is 0 Å². The molecule has 3 unspecified atom stereocenters. The van der Waals surface area contributed by atoms with Crippen LogP contribution in [0.15, 0.2) is 47.1 Å². The van der Waals surface area contributed by atoms with Crippen LogP contribution in [0.5, 0.6) is 0 Å². The predicted molar refractivity (Wildman–Crippen MR) is 114 cm³/mol. The number of ketones is 1. The zero-order valence-corrected chi connectivity index (χ0v) is 18.0. The minimum atomic E-state index is -0.514. The summed E-state index contributed by atoms with van der Waals surface area (Å²) >= 11 is 6.03. The second-order valence-electron chi connectivity index (χ2n) is 7.32. The number of aliphatic hydroxyl groups is 1. The molecular weight excluding hydrogens is 376 g/mol. The van der Waals surface area contributed by atoms with Crippen LogP contribution in [0.3, 0.4) is 0 Å². The molecule has 0 bridgehead atoms. The fourth-order valence-electron chi connectivity index (χ4n) is 3.15. The van der Waals surface area contributed by atoms with Crippen LogP contribution in [0.25, 0.3) is 0 Å². The lowest BCUT2D eigenvalue weighted by molar-refractivity contribution is -0.134. The maximum atomic E-state index is 12.3. The van der Waals surface area contributed by atoms with Gasteiger partial charge in [0.05, 0.1) is 18.2 Å². The quantitative estimate of drug-likeness (QED) is 0.207. The van der Waals surface area contributed by atoms with Crippen molar-refractivity contribution in [2.75, 3.05) is 7.11 Å². The smallest absolute Gasteiger partial charge is 0.330 e. The van der Waals surface area contributed by atoms with Gasteiger partial charge < -0.3 is 9.84 Å². The van der Waals surface area contributed by atoms with Gasteiger partial charge in [0.25, 0.3) is 0 Å². The topological polar surface area (TPSA) is 63.6 Å². The highest BCUT2D eigenvalue weighted by Crippen LogP contribution is 2.31. The fraction of sp³-hybridized carbons (Fsp3) is 0.565. The number of carbonyl (C=O) groups excluding carboxylic acids is 2. The molecule has 1 aliphatic rings. The molecule has 1 aliphatic carbocycles. The van der Waals surface area contributed by atoms with Crippen molar-refractivity contribution < 1.29 is 19.4 Å². The molecule has 0 aliphatic heterocycles. The Labute approximate surface area is 174 Å². The average molecular weight is 409 g/mol. The van der Waals surface area contributed by atoms with Crippen molar-refractivity contribution in [2.24, 2.45) is 11.8 Å². The molecule has 5 heteroatoms. The molecule has 0 aromatic heterocycles. The van der Waals surface area contributed by atoms with Gasteiger partial charge in [-0.1, -0.05) is 75.1 Å². The van der Waals surface area contributed by atoms with Crippen molar-refractivity contribution in [3.63, 3.8) is 0 Å². The van der Waals surface area contributed by atoms with Crippen molar-refractivity contribution >= 4 is 23.4 Å². The van der Waals surface area contributed by atoms with Crippen LogP contribution < -0.4 is 0 Å².